The highest BCUT2D eigenvalue weighted by molar-refractivity contribution is 5.87. The second kappa shape index (κ2) is 4.64. The monoisotopic (exact) mass is 184 g/mol. The molecule has 78 valence electrons. The molecule has 2 heteroatoms. The fourth-order valence-electron chi connectivity index (χ4n) is 1.65. The Hall–Kier alpha value is -0.530. The van der Waals surface area contributed by atoms with Crippen LogP contribution in [0.4, 0.5) is 0 Å². The number of hydrogen-bond donors (Lipinski definition) is 0. The lowest BCUT2D eigenvalue weighted by Crippen LogP contribution is -2.43. The maximum atomic E-state index is 4.39. The summed E-state index contributed by atoms with van der Waals surface area (Å²) in [5.74, 6) is 1.20. The Morgan fingerprint density at radius 3 is 1.85 bits per heavy atom. The number of amidine groups is 1. The van der Waals surface area contributed by atoms with E-state index in [0.717, 1.165) is 6.54 Å². The normalized spacial score (nSPS) is 13.7. The molecule has 0 N–H and O–H groups in total. The Bertz CT molecular complexity index is 175. The molecular weight excluding hydrogens is 160 g/mol. The number of rotatable bonds is 2. The average molecular weight is 184 g/mol. The minimum absolute atomic E-state index is 0.148. The molecule has 0 spiro atoms. The summed E-state index contributed by atoms with van der Waals surface area (Å²) < 4.78 is 0. The van der Waals surface area contributed by atoms with E-state index in [4.69, 9.17) is 0 Å². The molecule has 0 aromatic carbocycles. The third-order valence-corrected chi connectivity index (χ3v) is 2.12. The molecule has 0 aliphatic carbocycles. The molecule has 0 rings (SSSR count). The summed E-state index contributed by atoms with van der Waals surface area (Å²) >= 11 is 0. The molecule has 13 heavy (non-hydrogen) atoms. The minimum Gasteiger partial charge on any atom is -0.358 e. The molecule has 0 atom stereocenters. The Morgan fingerprint density at radius 1 is 1.31 bits per heavy atom. The molecule has 0 saturated heterocycles. The fourth-order valence-corrected chi connectivity index (χ4v) is 1.65. The molecule has 0 aliphatic rings. The molecule has 0 heterocycles. The zero-order valence-corrected chi connectivity index (χ0v) is 10.2. The van der Waals surface area contributed by atoms with Crippen molar-refractivity contribution in [3.8, 4) is 0 Å². The Morgan fingerprint density at radius 2 is 1.77 bits per heavy atom. The summed E-state index contributed by atoms with van der Waals surface area (Å²) in [5, 5.41) is 0. The molecular formula is C11H24N2. The van der Waals surface area contributed by atoms with Crippen LogP contribution in [0.3, 0.4) is 0 Å². The number of hydrogen-bond acceptors (Lipinski definition) is 1. The van der Waals surface area contributed by atoms with E-state index in [-0.39, 0.29) is 5.41 Å². The fraction of sp³-hybridized carbons (Fsp3) is 0.909. The predicted molar refractivity (Wildman–Crippen MR) is 60.3 cm³/mol. The van der Waals surface area contributed by atoms with Crippen LogP contribution in [0.25, 0.3) is 0 Å². The van der Waals surface area contributed by atoms with E-state index < -0.39 is 0 Å². The van der Waals surface area contributed by atoms with Gasteiger partial charge in [0.05, 0.1) is 0 Å². The van der Waals surface area contributed by atoms with Crippen molar-refractivity contribution in [2.45, 2.75) is 47.6 Å². The molecule has 0 aliphatic heterocycles. The smallest absolute Gasteiger partial charge is 0.104 e. The van der Waals surface area contributed by atoms with Crippen LogP contribution in [-0.2, 0) is 0 Å². The Balaban J connectivity index is 4.77. The first-order valence-electron chi connectivity index (χ1n) is 5.08. The summed E-state index contributed by atoms with van der Waals surface area (Å²) in [6.07, 6.45) is 0. The van der Waals surface area contributed by atoms with Crippen LogP contribution < -0.4 is 0 Å². The van der Waals surface area contributed by atoms with Gasteiger partial charge in [0.2, 0.25) is 0 Å². The lowest BCUT2D eigenvalue weighted by Gasteiger charge is -2.35. The highest BCUT2D eigenvalue weighted by atomic mass is 15.2. The summed E-state index contributed by atoms with van der Waals surface area (Å²) in [6.45, 7) is 14.3. The van der Waals surface area contributed by atoms with Gasteiger partial charge in [-0.1, -0.05) is 20.8 Å². The Kier molecular flexibility index (Phi) is 4.45. The van der Waals surface area contributed by atoms with Crippen molar-refractivity contribution in [2.24, 2.45) is 10.4 Å². The van der Waals surface area contributed by atoms with Crippen molar-refractivity contribution in [1.29, 1.82) is 0 Å². The van der Waals surface area contributed by atoms with Gasteiger partial charge in [-0.15, -0.1) is 0 Å². The van der Waals surface area contributed by atoms with Gasteiger partial charge in [0.1, 0.15) is 5.84 Å². The van der Waals surface area contributed by atoms with Crippen molar-refractivity contribution >= 4 is 5.84 Å². The number of aliphatic imine (C=N–C) groups is 1. The van der Waals surface area contributed by atoms with Crippen molar-refractivity contribution < 1.29 is 0 Å². The van der Waals surface area contributed by atoms with Gasteiger partial charge < -0.3 is 4.90 Å². The molecule has 0 unspecified atom stereocenters. The van der Waals surface area contributed by atoms with E-state index in [1.54, 1.807) is 0 Å². The van der Waals surface area contributed by atoms with Crippen molar-refractivity contribution in [1.82, 2.24) is 4.90 Å². The molecule has 0 aromatic heterocycles. The van der Waals surface area contributed by atoms with Gasteiger partial charge in [-0.25, -0.2) is 0 Å². The maximum absolute atomic E-state index is 4.39. The van der Waals surface area contributed by atoms with E-state index in [1.807, 2.05) is 7.05 Å². The van der Waals surface area contributed by atoms with Gasteiger partial charge in [0, 0.05) is 25.0 Å². The molecule has 0 fully saturated rings. The van der Waals surface area contributed by atoms with Crippen molar-refractivity contribution in [2.75, 3.05) is 13.6 Å². The van der Waals surface area contributed by atoms with Gasteiger partial charge >= 0.3 is 0 Å². The molecule has 0 aromatic rings. The van der Waals surface area contributed by atoms with Crippen molar-refractivity contribution in [3.05, 3.63) is 0 Å². The zero-order chi connectivity index (χ0) is 10.6. The second-order valence-corrected chi connectivity index (χ2v) is 4.68. The molecule has 0 bridgehead atoms. The molecule has 0 radical (unpaired) electrons. The highest BCUT2D eigenvalue weighted by Gasteiger charge is 2.24. The van der Waals surface area contributed by atoms with E-state index in [1.165, 1.54) is 5.84 Å². The number of nitrogens with zero attached hydrogens (tertiary/aromatic N) is 2. The van der Waals surface area contributed by atoms with Crippen LogP contribution in [-0.4, -0.2) is 30.4 Å². The van der Waals surface area contributed by atoms with Gasteiger partial charge in [0.15, 0.2) is 0 Å². The van der Waals surface area contributed by atoms with Crippen LogP contribution in [0, 0.1) is 5.41 Å². The lowest BCUT2D eigenvalue weighted by atomic mass is 9.93. The van der Waals surface area contributed by atoms with Gasteiger partial charge in [-0.2, -0.15) is 0 Å². The first-order chi connectivity index (χ1) is 5.84. The third kappa shape index (κ3) is 3.37. The largest absolute Gasteiger partial charge is 0.358 e. The first-order valence-corrected chi connectivity index (χ1v) is 5.08. The summed E-state index contributed by atoms with van der Waals surface area (Å²) in [7, 11) is 1.88. The SMILES string of the molecule is CCN(C(=NC)C(C)(C)C)C(C)C. The highest BCUT2D eigenvalue weighted by Crippen LogP contribution is 2.20. The second-order valence-electron chi connectivity index (χ2n) is 4.68. The van der Waals surface area contributed by atoms with E-state index in [9.17, 15) is 0 Å². The summed E-state index contributed by atoms with van der Waals surface area (Å²) in [6, 6.07) is 0.530. The third-order valence-electron chi connectivity index (χ3n) is 2.12. The van der Waals surface area contributed by atoms with Crippen LogP contribution in [0.2, 0.25) is 0 Å². The predicted octanol–water partition coefficient (Wildman–Crippen LogP) is 2.79. The quantitative estimate of drug-likeness (QED) is 0.476. The van der Waals surface area contributed by atoms with Gasteiger partial charge in [-0.3, -0.25) is 4.99 Å². The Labute approximate surface area is 83.0 Å². The van der Waals surface area contributed by atoms with Crippen LogP contribution >= 0.6 is 0 Å². The van der Waals surface area contributed by atoms with Crippen LogP contribution in [0.15, 0.2) is 4.99 Å². The van der Waals surface area contributed by atoms with E-state index in [2.05, 4.69) is 51.4 Å². The van der Waals surface area contributed by atoms with E-state index >= 15 is 0 Å². The first kappa shape index (κ1) is 12.5. The standard InChI is InChI=1S/C11H24N2/c1-8-13(9(2)3)10(12-7)11(4,5)6/h9H,8H2,1-7H3. The molecule has 0 saturated carbocycles. The van der Waals surface area contributed by atoms with Gasteiger partial charge in [-0.05, 0) is 20.8 Å². The maximum Gasteiger partial charge on any atom is 0.104 e. The topological polar surface area (TPSA) is 15.6 Å². The lowest BCUT2D eigenvalue weighted by molar-refractivity contribution is 0.327. The minimum atomic E-state index is 0.148. The zero-order valence-electron chi connectivity index (χ0n) is 10.2. The van der Waals surface area contributed by atoms with Crippen LogP contribution in [0.1, 0.15) is 41.5 Å². The summed E-state index contributed by atoms with van der Waals surface area (Å²) in [4.78, 5) is 6.74. The molecule has 0 amide bonds. The average Bonchev–Trinajstić information content (AvgIpc) is 1.96. The van der Waals surface area contributed by atoms with Crippen molar-refractivity contribution in [3.63, 3.8) is 0 Å². The van der Waals surface area contributed by atoms with Gasteiger partial charge in [0.25, 0.3) is 0 Å². The summed E-state index contributed by atoms with van der Waals surface area (Å²) in [5.41, 5.74) is 0.148. The van der Waals surface area contributed by atoms with Crippen LogP contribution in [0.5, 0.6) is 0 Å². The molecule has 2 nitrogen and oxygen atoms in total. The van der Waals surface area contributed by atoms with E-state index in [0.29, 0.717) is 6.04 Å².